The number of hydrogen-bond donors (Lipinski definition) is 3. The second kappa shape index (κ2) is 16.3. The first-order chi connectivity index (χ1) is 25.9. The van der Waals surface area contributed by atoms with Crippen LogP contribution in [0.3, 0.4) is 0 Å². The molecule has 0 unspecified atom stereocenters. The smallest absolute Gasteiger partial charge is 0.409 e. The molecule has 0 aliphatic heterocycles. The second-order valence-corrected chi connectivity index (χ2v) is 18.9. The van der Waals surface area contributed by atoms with Crippen LogP contribution in [-0.2, 0) is 11.3 Å². The molecule has 278 valence electrons. The molecule has 0 heterocycles. The van der Waals surface area contributed by atoms with E-state index >= 15 is 0 Å². The van der Waals surface area contributed by atoms with Gasteiger partial charge in [0, 0.05) is 26.9 Å². The molecule has 0 spiro atoms. The zero-order valence-electron chi connectivity index (χ0n) is 32.0. The van der Waals surface area contributed by atoms with Crippen LogP contribution in [0.25, 0.3) is 21.5 Å². The van der Waals surface area contributed by atoms with Crippen LogP contribution in [0.2, 0.25) is 0 Å². The number of nitrogens with zero attached hydrogens (tertiary/aromatic N) is 1. The molecule has 0 aliphatic rings. The molecule has 0 saturated carbocycles. The van der Waals surface area contributed by atoms with Gasteiger partial charge in [0.1, 0.15) is 12.8 Å². The zero-order chi connectivity index (χ0) is 38.3. The Bertz CT molecular complexity index is 2110. The number of fused-ring (bicyclic) bond motifs is 2. The maximum Gasteiger partial charge on any atom is 0.409 e. The van der Waals surface area contributed by atoms with Crippen molar-refractivity contribution in [2.45, 2.75) is 60.4 Å². The fourth-order valence-corrected chi connectivity index (χ4v) is 10.3. The first-order valence-electron chi connectivity index (χ1n) is 18.5. The molecule has 0 aromatic heterocycles. The number of urea groups is 1. The van der Waals surface area contributed by atoms with Crippen molar-refractivity contribution in [3.8, 4) is 0 Å². The molecular formula is C46H51N4O3P. The second-order valence-electron chi connectivity index (χ2n) is 15.8. The van der Waals surface area contributed by atoms with Crippen molar-refractivity contribution < 1.29 is 14.3 Å². The minimum atomic E-state index is -2.48. The van der Waals surface area contributed by atoms with Gasteiger partial charge in [-0.05, 0) is 33.0 Å². The van der Waals surface area contributed by atoms with Gasteiger partial charge in [0.15, 0.2) is 0 Å². The standard InChI is InChI=1S/C46H51N4O3P/c1-45(2,3)41(31-47-54(35-22-10-7-11-23-35,36-24-12-8-13-25-36)37-26-14-9-15-27-37)48-43(51)49-42(46(4,5)6)50-44(52)53-32-40-38-28-18-16-20-33(38)30-34-21-17-19-29-39(34)40/h7-30,41-42H,31-32H2,1-6H3,(H,50,52)(H2,48,49,51)/t41-,42+/m1/s1. The van der Waals surface area contributed by atoms with Crippen LogP contribution >= 0.6 is 7.05 Å². The summed E-state index contributed by atoms with van der Waals surface area (Å²) in [6.45, 7) is 12.7. The van der Waals surface area contributed by atoms with Crippen LogP contribution in [0.4, 0.5) is 9.59 Å². The van der Waals surface area contributed by atoms with Gasteiger partial charge < -0.3 is 20.7 Å². The molecule has 6 aromatic carbocycles. The zero-order valence-corrected chi connectivity index (χ0v) is 32.9. The van der Waals surface area contributed by atoms with Crippen molar-refractivity contribution in [3.63, 3.8) is 0 Å². The predicted molar refractivity (Wildman–Crippen MR) is 225 cm³/mol. The molecule has 6 rings (SSSR count). The number of carbonyl (C=O) groups excluding carboxylic acids is 2. The Hall–Kier alpha value is -5.39. The first-order valence-corrected chi connectivity index (χ1v) is 20.2. The Balaban J connectivity index is 1.23. The Morgan fingerprint density at radius 3 is 1.48 bits per heavy atom. The number of hydrogen-bond acceptors (Lipinski definition) is 4. The van der Waals surface area contributed by atoms with E-state index in [4.69, 9.17) is 9.48 Å². The van der Waals surface area contributed by atoms with E-state index in [0.29, 0.717) is 6.54 Å². The molecule has 54 heavy (non-hydrogen) atoms. The number of nitrogens with one attached hydrogen (secondary N) is 3. The summed E-state index contributed by atoms with van der Waals surface area (Å²) in [5, 5.41) is 16.9. The molecule has 2 atom stereocenters. The summed E-state index contributed by atoms with van der Waals surface area (Å²) in [6.07, 6.45) is -1.34. The van der Waals surface area contributed by atoms with Gasteiger partial charge in [-0.1, -0.05) is 181 Å². The van der Waals surface area contributed by atoms with Crippen molar-refractivity contribution in [1.82, 2.24) is 16.0 Å². The SMILES string of the molecule is CC(C)(C)[C@@H](NC(=O)N[C@H](CN=P(c1ccccc1)(c1ccccc1)c1ccccc1)C(C)(C)C)NC(=O)OCc1c2ccccc2cc2ccccc12. The lowest BCUT2D eigenvalue weighted by Gasteiger charge is -2.35. The van der Waals surface area contributed by atoms with Gasteiger partial charge in [0.05, 0.1) is 19.6 Å². The van der Waals surface area contributed by atoms with Gasteiger partial charge in [-0.15, -0.1) is 0 Å². The lowest BCUT2D eigenvalue weighted by Crippen LogP contribution is -2.59. The number of rotatable bonds is 10. The molecule has 0 aliphatic carbocycles. The van der Waals surface area contributed by atoms with Gasteiger partial charge in [-0.3, -0.25) is 4.74 Å². The van der Waals surface area contributed by atoms with Crippen molar-refractivity contribution in [3.05, 3.63) is 151 Å². The van der Waals surface area contributed by atoms with Gasteiger partial charge in [0.25, 0.3) is 0 Å². The van der Waals surface area contributed by atoms with Crippen LogP contribution in [0.1, 0.15) is 47.1 Å². The quantitative estimate of drug-likeness (QED) is 0.0743. The molecule has 0 saturated heterocycles. The predicted octanol–water partition coefficient (Wildman–Crippen LogP) is 9.48. The summed E-state index contributed by atoms with van der Waals surface area (Å²) in [7, 11) is -2.48. The monoisotopic (exact) mass is 738 g/mol. The summed E-state index contributed by atoms with van der Waals surface area (Å²) >= 11 is 0. The summed E-state index contributed by atoms with van der Waals surface area (Å²) in [5.74, 6) is 0. The molecule has 8 heteroatoms. The number of carbonyl (C=O) groups is 2. The number of benzene rings is 6. The van der Waals surface area contributed by atoms with E-state index < -0.39 is 30.8 Å². The van der Waals surface area contributed by atoms with Crippen molar-refractivity contribution >= 4 is 56.6 Å². The van der Waals surface area contributed by atoms with E-state index in [1.54, 1.807) is 0 Å². The Kier molecular flexibility index (Phi) is 11.6. The number of alkyl carbamates (subject to hydrolysis) is 1. The highest BCUT2D eigenvalue weighted by Crippen LogP contribution is 2.46. The van der Waals surface area contributed by atoms with Crippen molar-refractivity contribution in [2.24, 2.45) is 15.6 Å². The Morgan fingerprint density at radius 1 is 0.593 bits per heavy atom. The fourth-order valence-electron chi connectivity index (χ4n) is 6.72. The summed E-state index contributed by atoms with van der Waals surface area (Å²) in [5.41, 5.74) is 0.0680. The maximum atomic E-state index is 13.9. The van der Waals surface area contributed by atoms with E-state index in [2.05, 4.69) is 128 Å². The van der Waals surface area contributed by atoms with Gasteiger partial charge >= 0.3 is 12.1 Å². The van der Waals surface area contributed by atoms with Gasteiger partial charge in [-0.2, -0.15) is 0 Å². The summed E-state index contributed by atoms with van der Waals surface area (Å²) < 4.78 is 11.5. The number of amides is 3. The number of ether oxygens (including phenoxy) is 1. The Morgan fingerprint density at radius 2 is 1.04 bits per heavy atom. The third-order valence-corrected chi connectivity index (χ3v) is 13.6. The van der Waals surface area contributed by atoms with Crippen LogP contribution in [0.5, 0.6) is 0 Å². The lowest BCUT2D eigenvalue weighted by molar-refractivity contribution is 0.121. The van der Waals surface area contributed by atoms with Crippen molar-refractivity contribution in [1.29, 1.82) is 0 Å². The minimum absolute atomic E-state index is 0.0828. The molecular weight excluding hydrogens is 688 g/mol. The topological polar surface area (TPSA) is 91.8 Å². The lowest BCUT2D eigenvalue weighted by atomic mass is 9.87. The van der Waals surface area contributed by atoms with Gasteiger partial charge in [-0.25, -0.2) is 9.59 Å². The average Bonchev–Trinajstić information content (AvgIpc) is 3.16. The highest BCUT2D eigenvalue weighted by atomic mass is 31.2. The van der Waals surface area contributed by atoms with Crippen LogP contribution in [0.15, 0.2) is 150 Å². The normalized spacial score (nSPS) is 13.1. The molecule has 0 bridgehead atoms. The third kappa shape index (κ3) is 8.69. The van der Waals surface area contributed by atoms with E-state index in [0.717, 1.165) is 43.0 Å². The third-order valence-electron chi connectivity index (χ3n) is 9.85. The van der Waals surface area contributed by atoms with Crippen LogP contribution in [-0.4, -0.2) is 30.9 Å². The molecule has 3 amide bonds. The molecule has 0 radical (unpaired) electrons. The molecule has 0 fully saturated rings. The Labute approximate surface area is 319 Å². The van der Waals surface area contributed by atoms with E-state index in [1.807, 2.05) is 75.4 Å². The van der Waals surface area contributed by atoms with E-state index in [1.165, 1.54) is 0 Å². The maximum absolute atomic E-state index is 13.9. The van der Waals surface area contributed by atoms with E-state index in [-0.39, 0.29) is 18.1 Å². The highest BCUT2D eigenvalue weighted by Gasteiger charge is 2.33. The van der Waals surface area contributed by atoms with Crippen LogP contribution in [0, 0.1) is 10.8 Å². The average molecular weight is 739 g/mol. The summed E-state index contributed by atoms with van der Waals surface area (Å²) in [4.78, 5) is 27.3. The highest BCUT2D eigenvalue weighted by molar-refractivity contribution is 7.87. The summed E-state index contributed by atoms with van der Waals surface area (Å²) in [6, 6.07) is 49.0. The minimum Gasteiger partial charge on any atom is -0.445 e. The largest absolute Gasteiger partial charge is 0.445 e. The molecule has 3 N–H and O–H groups in total. The first kappa shape index (κ1) is 38.3. The fraction of sp³-hybridized carbons (Fsp3) is 0.261. The van der Waals surface area contributed by atoms with Crippen LogP contribution < -0.4 is 31.9 Å². The van der Waals surface area contributed by atoms with Gasteiger partial charge in [0.2, 0.25) is 0 Å². The molecule has 7 nitrogen and oxygen atoms in total. The molecule has 6 aromatic rings. The van der Waals surface area contributed by atoms with Crippen molar-refractivity contribution in [2.75, 3.05) is 6.54 Å². The van der Waals surface area contributed by atoms with E-state index in [9.17, 15) is 9.59 Å².